The summed E-state index contributed by atoms with van der Waals surface area (Å²) >= 11 is 2.49. The summed E-state index contributed by atoms with van der Waals surface area (Å²) in [6.45, 7) is 2.23. The molecule has 0 aliphatic heterocycles. The standard InChI is InChI=1S/C26H19I/c1-18-10-8-15-21-24(18)25-22(16-9-17-23(25)27)26(21,19-11-4-2-5-12-19)20-13-6-3-7-14-20/h2-17H,1H3. The molecule has 0 saturated carbocycles. The Labute approximate surface area is 174 Å². The Morgan fingerprint density at radius 2 is 1.07 bits per heavy atom. The molecule has 27 heavy (non-hydrogen) atoms. The predicted molar refractivity (Wildman–Crippen MR) is 121 cm³/mol. The molecule has 0 radical (unpaired) electrons. The van der Waals surface area contributed by atoms with E-state index in [0.29, 0.717) is 0 Å². The molecule has 1 heteroatoms. The Kier molecular flexibility index (Phi) is 3.94. The summed E-state index contributed by atoms with van der Waals surface area (Å²) in [6, 6.07) is 35.4. The fourth-order valence-corrected chi connectivity index (χ4v) is 5.48. The van der Waals surface area contributed by atoms with Crippen molar-refractivity contribution in [2.45, 2.75) is 12.3 Å². The molecule has 0 spiro atoms. The highest BCUT2D eigenvalue weighted by molar-refractivity contribution is 14.1. The smallest absolute Gasteiger partial charge is 0.0622 e. The SMILES string of the molecule is Cc1cccc2c1-c1c(I)cccc1C2(c1ccccc1)c1ccccc1. The zero-order valence-electron chi connectivity index (χ0n) is 15.1. The van der Waals surface area contributed by atoms with E-state index in [2.05, 4.69) is 127 Å². The maximum absolute atomic E-state index is 2.49. The van der Waals surface area contributed by atoms with Crippen molar-refractivity contribution in [1.29, 1.82) is 0 Å². The average Bonchev–Trinajstić information content (AvgIpc) is 3.03. The molecule has 0 saturated heterocycles. The first kappa shape index (κ1) is 16.8. The van der Waals surface area contributed by atoms with E-state index in [1.165, 1.54) is 42.5 Å². The fourth-order valence-electron chi connectivity index (χ4n) is 4.71. The monoisotopic (exact) mass is 458 g/mol. The van der Waals surface area contributed by atoms with Crippen molar-refractivity contribution >= 4 is 22.6 Å². The van der Waals surface area contributed by atoms with Crippen molar-refractivity contribution in [3.05, 3.63) is 128 Å². The van der Waals surface area contributed by atoms with Crippen LogP contribution in [0.2, 0.25) is 0 Å². The first-order valence-electron chi connectivity index (χ1n) is 9.25. The van der Waals surface area contributed by atoms with E-state index in [-0.39, 0.29) is 5.41 Å². The molecule has 5 rings (SSSR count). The third-order valence-electron chi connectivity index (χ3n) is 5.76. The van der Waals surface area contributed by atoms with E-state index < -0.39 is 0 Å². The predicted octanol–water partition coefficient (Wildman–Crippen LogP) is 6.96. The minimum absolute atomic E-state index is 0.277. The van der Waals surface area contributed by atoms with Gasteiger partial charge in [0.2, 0.25) is 0 Å². The van der Waals surface area contributed by atoms with Crippen molar-refractivity contribution in [1.82, 2.24) is 0 Å². The molecule has 0 aromatic heterocycles. The highest BCUT2D eigenvalue weighted by Gasteiger charge is 2.46. The van der Waals surface area contributed by atoms with Crippen LogP contribution in [0.4, 0.5) is 0 Å². The number of aryl methyl sites for hydroxylation is 1. The van der Waals surface area contributed by atoms with Crippen LogP contribution in [0.25, 0.3) is 11.1 Å². The topological polar surface area (TPSA) is 0 Å². The lowest BCUT2D eigenvalue weighted by Crippen LogP contribution is -2.28. The summed E-state index contributed by atoms with van der Waals surface area (Å²) in [5, 5.41) is 0. The first-order valence-corrected chi connectivity index (χ1v) is 10.3. The Balaban J connectivity index is 2.02. The van der Waals surface area contributed by atoms with E-state index >= 15 is 0 Å². The Hall–Kier alpha value is -2.39. The van der Waals surface area contributed by atoms with Gasteiger partial charge in [0.25, 0.3) is 0 Å². The fraction of sp³-hybridized carbons (Fsp3) is 0.0769. The molecule has 0 atom stereocenters. The van der Waals surface area contributed by atoms with Gasteiger partial charge < -0.3 is 0 Å². The summed E-state index contributed by atoms with van der Waals surface area (Å²) < 4.78 is 1.31. The maximum atomic E-state index is 2.49. The molecule has 0 heterocycles. The minimum Gasteiger partial charge on any atom is -0.0622 e. The zero-order valence-corrected chi connectivity index (χ0v) is 17.3. The second-order valence-electron chi connectivity index (χ2n) is 7.14. The van der Waals surface area contributed by atoms with Crippen LogP contribution in [-0.2, 0) is 5.41 Å². The molecular formula is C26H19I. The number of benzene rings is 4. The van der Waals surface area contributed by atoms with Crippen LogP contribution >= 0.6 is 22.6 Å². The molecule has 130 valence electrons. The maximum Gasteiger partial charge on any atom is 0.0714 e. The number of fused-ring (bicyclic) bond motifs is 3. The normalized spacial score (nSPS) is 13.9. The molecule has 0 bridgehead atoms. The van der Waals surface area contributed by atoms with Crippen LogP contribution in [0.5, 0.6) is 0 Å². The molecule has 0 N–H and O–H groups in total. The van der Waals surface area contributed by atoms with Gasteiger partial charge in [0.05, 0.1) is 5.41 Å². The van der Waals surface area contributed by atoms with Crippen molar-refractivity contribution in [2.24, 2.45) is 0 Å². The zero-order chi connectivity index (χ0) is 18.4. The lowest BCUT2D eigenvalue weighted by atomic mass is 9.67. The molecule has 1 aliphatic rings. The van der Waals surface area contributed by atoms with Gasteiger partial charge in [-0.3, -0.25) is 0 Å². The van der Waals surface area contributed by atoms with Gasteiger partial charge in [0.15, 0.2) is 0 Å². The van der Waals surface area contributed by atoms with Crippen molar-refractivity contribution in [3.63, 3.8) is 0 Å². The molecular weight excluding hydrogens is 439 g/mol. The molecule has 0 fully saturated rings. The van der Waals surface area contributed by atoms with E-state index in [1.807, 2.05) is 0 Å². The van der Waals surface area contributed by atoms with Crippen molar-refractivity contribution in [3.8, 4) is 11.1 Å². The van der Waals surface area contributed by atoms with Crippen LogP contribution in [0.15, 0.2) is 97.1 Å². The molecule has 0 unspecified atom stereocenters. The van der Waals surface area contributed by atoms with Crippen LogP contribution in [0, 0.1) is 10.5 Å². The summed E-state index contributed by atoms with van der Waals surface area (Å²) in [6.07, 6.45) is 0. The van der Waals surface area contributed by atoms with Gasteiger partial charge in [0, 0.05) is 9.13 Å². The molecule has 4 aromatic rings. The summed E-state index contributed by atoms with van der Waals surface area (Å²) in [7, 11) is 0. The van der Waals surface area contributed by atoms with Crippen molar-refractivity contribution in [2.75, 3.05) is 0 Å². The Morgan fingerprint density at radius 1 is 0.556 bits per heavy atom. The number of rotatable bonds is 2. The van der Waals surface area contributed by atoms with E-state index in [0.717, 1.165) is 0 Å². The third-order valence-corrected chi connectivity index (χ3v) is 6.66. The lowest BCUT2D eigenvalue weighted by molar-refractivity contribution is 0.768. The quantitative estimate of drug-likeness (QED) is 0.251. The largest absolute Gasteiger partial charge is 0.0714 e. The number of hydrogen-bond donors (Lipinski definition) is 0. The summed E-state index contributed by atoms with van der Waals surface area (Å²) in [5.41, 5.74) is 9.26. The van der Waals surface area contributed by atoms with Gasteiger partial charge in [-0.05, 0) is 69.0 Å². The molecule has 1 aliphatic carbocycles. The highest BCUT2D eigenvalue weighted by atomic mass is 127. The third kappa shape index (κ3) is 2.28. The lowest BCUT2D eigenvalue weighted by Gasteiger charge is -2.34. The highest BCUT2D eigenvalue weighted by Crippen LogP contribution is 2.57. The van der Waals surface area contributed by atoms with Gasteiger partial charge >= 0.3 is 0 Å². The van der Waals surface area contributed by atoms with E-state index in [1.54, 1.807) is 0 Å². The van der Waals surface area contributed by atoms with Crippen LogP contribution in [0.1, 0.15) is 27.8 Å². The van der Waals surface area contributed by atoms with E-state index in [4.69, 9.17) is 0 Å². The van der Waals surface area contributed by atoms with E-state index in [9.17, 15) is 0 Å². The molecule has 0 nitrogen and oxygen atoms in total. The number of hydrogen-bond acceptors (Lipinski definition) is 0. The minimum atomic E-state index is -0.277. The van der Waals surface area contributed by atoms with Gasteiger partial charge in [0.1, 0.15) is 0 Å². The van der Waals surface area contributed by atoms with Gasteiger partial charge in [-0.2, -0.15) is 0 Å². The average molecular weight is 458 g/mol. The van der Waals surface area contributed by atoms with Crippen LogP contribution in [-0.4, -0.2) is 0 Å². The molecule has 4 aromatic carbocycles. The van der Waals surface area contributed by atoms with Crippen molar-refractivity contribution < 1.29 is 0 Å². The van der Waals surface area contributed by atoms with Gasteiger partial charge in [-0.15, -0.1) is 0 Å². The number of halogens is 1. The summed E-state index contributed by atoms with van der Waals surface area (Å²) in [4.78, 5) is 0. The second-order valence-corrected chi connectivity index (χ2v) is 8.30. The van der Waals surface area contributed by atoms with Gasteiger partial charge in [-0.25, -0.2) is 0 Å². The Morgan fingerprint density at radius 3 is 1.67 bits per heavy atom. The summed E-state index contributed by atoms with van der Waals surface area (Å²) in [5.74, 6) is 0. The first-order chi connectivity index (χ1) is 13.2. The van der Waals surface area contributed by atoms with Gasteiger partial charge in [-0.1, -0.05) is 91.0 Å². The van der Waals surface area contributed by atoms with Crippen LogP contribution in [0.3, 0.4) is 0 Å². The van der Waals surface area contributed by atoms with Crippen LogP contribution < -0.4 is 0 Å². The second kappa shape index (κ2) is 6.35. The molecule has 0 amide bonds. The Bertz CT molecular complexity index is 1030.